The maximum Gasteiger partial charge on any atom is 0.257 e. The third-order valence-electron chi connectivity index (χ3n) is 3.38. The van der Waals surface area contributed by atoms with Crippen LogP contribution in [-0.4, -0.2) is 41.1 Å². The van der Waals surface area contributed by atoms with Gasteiger partial charge in [-0.15, -0.1) is 0 Å². The molecular formula is C12H12Cl2N2O2. The van der Waals surface area contributed by atoms with E-state index in [9.17, 15) is 4.79 Å². The van der Waals surface area contributed by atoms with Crippen LogP contribution in [0.25, 0.3) is 0 Å². The number of likely N-dealkylation sites (tertiary alicyclic amines) is 1. The van der Waals surface area contributed by atoms with Crippen LogP contribution in [0.2, 0.25) is 10.3 Å². The van der Waals surface area contributed by atoms with Crippen molar-refractivity contribution in [1.82, 2.24) is 9.88 Å². The molecule has 3 rings (SSSR count). The van der Waals surface area contributed by atoms with Gasteiger partial charge in [-0.05, 0) is 25.0 Å². The Morgan fingerprint density at radius 3 is 2.56 bits per heavy atom. The SMILES string of the molecule is O=C(c1ccc(Cl)nc1Cl)N1CC2CCC(C1)O2. The molecule has 6 heteroatoms. The number of ether oxygens (including phenoxy) is 1. The first-order valence-electron chi connectivity index (χ1n) is 5.90. The zero-order valence-electron chi connectivity index (χ0n) is 9.60. The summed E-state index contributed by atoms with van der Waals surface area (Å²) in [5.74, 6) is -0.0932. The first-order chi connectivity index (χ1) is 8.63. The van der Waals surface area contributed by atoms with E-state index >= 15 is 0 Å². The van der Waals surface area contributed by atoms with Crippen LogP contribution in [0.15, 0.2) is 12.1 Å². The van der Waals surface area contributed by atoms with Crippen molar-refractivity contribution in [1.29, 1.82) is 0 Å². The predicted molar refractivity (Wildman–Crippen MR) is 68.1 cm³/mol. The van der Waals surface area contributed by atoms with Crippen molar-refractivity contribution in [3.05, 3.63) is 28.0 Å². The van der Waals surface area contributed by atoms with Crippen LogP contribution in [0.5, 0.6) is 0 Å². The van der Waals surface area contributed by atoms with Crippen LogP contribution in [0, 0.1) is 0 Å². The molecule has 2 fully saturated rings. The molecule has 0 aromatic carbocycles. The average Bonchev–Trinajstić information content (AvgIpc) is 2.67. The van der Waals surface area contributed by atoms with Gasteiger partial charge in [0.25, 0.3) is 5.91 Å². The Balaban J connectivity index is 1.82. The highest BCUT2D eigenvalue weighted by Gasteiger charge is 2.36. The number of fused-ring (bicyclic) bond motifs is 2. The zero-order chi connectivity index (χ0) is 12.7. The molecule has 0 spiro atoms. The molecule has 1 amide bonds. The second kappa shape index (κ2) is 4.68. The fourth-order valence-electron chi connectivity index (χ4n) is 2.52. The standard InChI is InChI=1S/C12H12Cl2N2O2/c13-10-4-3-9(11(14)15-10)12(17)16-5-7-1-2-8(6-16)18-7/h3-4,7-8H,1-2,5-6H2. The normalized spacial score (nSPS) is 26.4. The molecule has 3 heterocycles. The minimum absolute atomic E-state index is 0.0932. The molecule has 1 aromatic rings. The van der Waals surface area contributed by atoms with Crippen molar-refractivity contribution in [3.8, 4) is 0 Å². The van der Waals surface area contributed by atoms with Crippen LogP contribution >= 0.6 is 23.2 Å². The quantitative estimate of drug-likeness (QED) is 0.745. The van der Waals surface area contributed by atoms with Gasteiger partial charge in [-0.1, -0.05) is 23.2 Å². The highest BCUT2D eigenvalue weighted by Crippen LogP contribution is 2.28. The van der Waals surface area contributed by atoms with E-state index in [-0.39, 0.29) is 23.3 Å². The number of carbonyl (C=O) groups excluding carboxylic acids is 1. The highest BCUT2D eigenvalue weighted by atomic mass is 35.5. The molecule has 2 aliphatic heterocycles. The first-order valence-corrected chi connectivity index (χ1v) is 6.66. The van der Waals surface area contributed by atoms with Gasteiger partial charge in [-0.25, -0.2) is 4.98 Å². The summed E-state index contributed by atoms with van der Waals surface area (Å²) in [6.07, 6.45) is 2.40. The number of morpholine rings is 1. The van der Waals surface area contributed by atoms with Gasteiger partial charge in [-0.3, -0.25) is 4.79 Å². The van der Waals surface area contributed by atoms with Gasteiger partial charge in [0.15, 0.2) is 0 Å². The molecule has 0 radical (unpaired) electrons. The number of aromatic nitrogens is 1. The summed E-state index contributed by atoms with van der Waals surface area (Å²) in [6, 6.07) is 3.20. The molecular weight excluding hydrogens is 275 g/mol. The van der Waals surface area contributed by atoms with Crippen LogP contribution in [0.3, 0.4) is 0 Å². The lowest BCUT2D eigenvalue weighted by atomic mass is 10.2. The Bertz CT molecular complexity index is 483. The summed E-state index contributed by atoms with van der Waals surface area (Å²) < 4.78 is 5.70. The Morgan fingerprint density at radius 2 is 1.94 bits per heavy atom. The van der Waals surface area contributed by atoms with E-state index in [0.29, 0.717) is 23.8 Å². The average molecular weight is 287 g/mol. The number of rotatable bonds is 1. The Kier molecular flexibility index (Phi) is 3.18. The van der Waals surface area contributed by atoms with Crippen LogP contribution in [0.1, 0.15) is 23.2 Å². The van der Waals surface area contributed by atoms with Gasteiger partial charge < -0.3 is 9.64 Å². The summed E-state index contributed by atoms with van der Waals surface area (Å²) >= 11 is 11.7. The van der Waals surface area contributed by atoms with Gasteiger partial charge in [0.2, 0.25) is 0 Å². The van der Waals surface area contributed by atoms with Gasteiger partial charge in [0.1, 0.15) is 10.3 Å². The van der Waals surface area contributed by atoms with Crippen molar-refractivity contribution in [2.45, 2.75) is 25.0 Å². The predicted octanol–water partition coefficient (Wildman–Crippen LogP) is 2.39. The molecule has 4 nitrogen and oxygen atoms in total. The highest BCUT2D eigenvalue weighted by molar-refractivity contribution is 6.34. The lowest BCUT2D eigenvalue weighted by molar-refractivity contribution is -0.0303. The van der Waals surface area contributed by atoms with Gasteiger partial charge in [0.05, 0.1) is 17.8 Å². The van der Waals surface area contributed by atoms with E-state index in [2.05, 4.69) is 4.98 Å². The second-order valence-corrected chi connectivity index (χ2v) is 5.39. The Morgan fingerprint density at radius 1 is 1.28 bits per heavy atom. The summed E-state index contributed by atoms with van der Waals surface area (Å²) in [7, 11) is 0. The smallest absolute Gasteiger partial charge is 0.257 e. The fraction of sp³-hybridized carbons (Fsp3) is 0.500. The molecule has 2 unspecified atom stereocenters. The van der Waals surface area contributed by atoms with Crippen molar-refractivity contribution in [3.63, 3.8) is 0 Å². The summed E-state index contributed by atoms with van der Waals surface area (Å²) in [5.41, 5.74) is 0.405. The number of amides is 1. The van der Waals surface area contributed by atoms with Gasteiger partial charge >= 0.3 is 0 Å². The molecule has 18 heavy (non-hydrogen) atoms. The second-order valence-electron chi connectivity index (χ2n) is 4.64. The molecule has 0 N–H and O–H groups in total. The van der Waals surface area contributed by atoms with Crippen molar-refractivity contribution >= 4 is 29.1 Å². The molecule has 2 aliphatic rings. The molecule has 1 aromatic heterocycles. The van der Waals surface area contributed by atoms with Crippen molar-refractivity contribution in [2.24, 2.45) is 0 Å². The number of hydrogen-bond donors (Lipinski definition) is 0. The summed E-state index contributed by atoms with van der Waals surface area (Å²) in [6.45, 7) is 1.27. The zero-order valence-corrected chi connectivity index (χ0v) is 11.1. The van der Waals surface area contributed by atoms with Crippen molar-refractivity contribution < 1.29 is 9.53 Å². The maximum absolute atomic E-state index is 12.4. The number of pyridine rings is 1. The van der Waals surface area contributed by atoms with E-state index in [0.717, 1.165) is 12.8 Å². The van der Waals surface area contributed by atoms with E-state index in [1.165, 1.54) is 0 Å². The van der Waals surface area contributed by atoms with E-state index in [1.807, 2.05) is 0 Å². The monoisotopic (exact) mass is 286 g/mol. The summed E-state index contributed by atoms with van der Waals surface area (Å²) in [4.78, 5) is 18.0. The summed E-state index contributed by atoms with van der Waals surface area (Å²) in [5, 5.41) is 0.449. The fourth-order valence-corrected chi connectivity index (χ4v) is 2.95. The van der Waals surface area contributed by atoms with Crippen molar-refractivity contribution in [2.75, 3.05) is 13.1 Å². The molecule has 2 bridgehead atoms. The topological polar surface area (TPSA) is 42.4 Å². The largest absolute Gasteiger partial charge is 0.371 e. The molecule has 2 atom stereocenters. The minimum atomic E-state index is -0.0932. The van der Waals surface area contributed by atoms with Gasteiger partial charge in [-0.2, -0.15) is 0 Å². The third kappa shape index (κ3) is 2.20. The molecule has 2 saturated heterocycles. The first kappa shape index (κ1) is 12.2. The van der Waals surface area contributed by atoms with Crippen LogP contribution in [-0.2, 0) is 4.74 Å². The number of halogens is 2. The Labute approximate surface area is 115 Å². The van der Waals surface area contributed by atoms with E-state index in [4.69, 9.17) is 27.9 Å². The lowest BCUT2D eigenvalue weighted by Gasteiger charge is -2.32. The Hall–Kier alpha value is -0.840. The van der Waals surface area contributed by atoms with Crippen LogP contribution in [0.4, 0.5) is 0 Å². The number of carbonyl (C=O) groups is 1. The van der Waals surface area contributed by atoms with E-state index < -0.39 is 0 Å². The molecule has 0 aliphatic carbocycles. The molecule has 96 valence electrons. The third-order valence-corrected chi connectivity index (χ3v) is 3.87. The van der Waals surface area contributed by atoms with Gasteiger partial charge in [0, 0.05) is 13.1 Å². The number of hydrogen-bond acceptors (Lipinski definition) is 3. The molecule has 0 saturated carbocycles. The maximum atomic E-state index is 12.4. The minimum Gasteiger partial charge on any atom is -0.371 e. The lowest BCUT2D eigenvalue weighted by Crippen LogP contribution is -2.45. The van der Waals surface area contributed by atoms with E-state index in [1.54, 1.807) is 17.0 Å². The number of nitrogens with zero attached hydrogens (tertiary/aromatic N) is 2. The van der Waals surface area contributed by atoms with Crippen LogP contribution < -0.4 is 0 Å².